The summed E-state index contributed by atoms with van der Waals surface area (Å²) in [7, 11) is 0. The largest absolute Gasteiger partial charge is 0.363 e. The fourth-order valence-electron chi connectivity index (χ4n) is 2.05. The third kappa shape index (κ3) is 2.45. The van der Waals surface area contributed by atoms with E-state index in [1.165, 1.54) is 0 Å². The zero-order valence-corrected chi connectivity index (χ0v) is 9.05. The van der Waals surface area contributed by atoms with Gasteiger partial charge in [0.2, 0.25) is 0 Å². The van der Waals surface area contributed by atoms with Crippen molar-refractivity contribution in [3.8, 4) is 0 Å². The predicted molar refractivity (Wildman–Crippen MR) is 55.9 cm³/mol. The highest BCUT2D eigenvalue weighted by Crippen LogP contribution is 2.11. The van der Waals surface area contributed by atoms with Gasteiger partial charge in [-0.15, -0.1) is 0 Å². The molecule has 4 heteroatoms. The van der Waals surface area contributed by atoms with E-state index in [4.69, 9.17) is 4.74 Å². The minimum Gasteiger partial charge on any atom is -0.363 e. The third-order valence-corrected chi connectivity index (χ3v) is 3.07. The van der Waals surface area contributed by atoms with Gasteiger partial charge < -0.3 is 15.4 Å². The van der Waals surface area contributed by atoms with E-state index >= 15 is 0 Å². The number of hydrogen-bond donors (Lipinski definition) is 3. The molecule has 2 aliphatic rings. The molecule has 2 rings (SSSR count). The molecule has 2 heterocycles. The standard InChI is InChI=1S/C10H21N3O/c1-7-3-12-10(13-4-7)9-5-11-8(2)14-6-9/h7-13H,3-6H2,1-2H3. The second-order valence-electron chi connectivity index (χ2n) is 4.54. The van der Waals surface area contributed by atoms with Crippen molar-refractivity contribution < 1.29 is 4.74 Å². The lowest BCUT2D eigenvalue weighted by Gasteiger charge is -2.38. The zero-order chi connectivity index (χ0) is 9.97. The zero-order valence-electron chi connectivity index (χ0n) is 9.05. The van der Waals surface area contributed by atoms with Crippen LogP contribution >= 0.6 is 0 Å². The summed E-state index contributed by atoms with van der Waals surface area (Å²) in [4.78, 5) is 0. The normalized spacial score (nSPS) is 45.0. The average Bonchev–Trinajstić information content (AvgIpc) is 2.21. The molecule has 2 aliphatic heterocycles. The molecule has 4 nitrogen and oxygen atoms in total. The van der Waals surface area contributed by atoms with Gasteiger partial charge in [0.1, 0.15) is 6.23 Å². The second kappa shape index (κ2) is 4.57. The van der Waals surface area contributed by atoms with Crippen molar-refractivity contribution in [2.45, 2.75) is 26.2 Å². The first kappa shape index (κ1) is 10.4. The van der Waals surface area contributed by atoms with Gasteiger partial charge in [0.25, 0.3) is 0 Å². The predicted octanol–water partition coefficient (Wildman–Crippen LogP) is -0.277. The Morgan fingerprint density at radius 2 is 1.71 bits per heavy atom. The van der Waals surface area contributed by atoms with Crippen molar-refractivity contribution in [1.29, 1.82) is 0 Å². The maximum Gasteiger partial charge on any atom is 0.105 e. The fourth-order valence-corrected chi connectivity index (χ4v) is 2.05. The quantitative estimate of drug-likeness (QED) is 0.544. The van der Waals surface area contributed by atoms with E-state index < -0.39 is 0 Å². The molecular weight excluding hydrogens is 178 g/mol. The minimum absolute atomic E-state index is 0.216. The van der Waals surface area contributed by atoms with Crippen molar-refractivity contribution in [2.75, 3.05) is 26.2 Å². The first-order valence-electron chi connectivity index (χ1n) is 5.57. The molecule has 0 bridgehead atoms. The Hall–Kier alpha value is -0.160. The fraction of sp³-hybridized carbons (Fsp3) is 1.00. The Balaban J connectivity index is 1.78. The molecule has 0 saturated carbocycles. The van der Waals surface area contributed by atoms with Crippen LogP contribution in [0, 0.1) is 11.8 Å². The molecule has 0 aliphatic carbocycles. The van der Waals surface area contributed by atoms with E-state index in [2.05, 4.69) is 29.8 Å². The monoisotopic (exact) mass is 199 g/mol. The van der Waals surface area contributed by atoms with Crippen LogP contribution in [0.3, 0.4) is 0 Å². The van der Waals surface area contributed by atoms with Crippen molar-refractivity contribution in [2.24, 2.45) is 11.8 Å². The molecule has 2 fully saturated rings. The van der Waals surface area contributed by atoms with Gasteiger partial charge in [-0.05, 0) is 12.8 Å². The molecule has 2 saturated heterocycles. The molecule has 0 radical (unpaired) electrons. The number of hydrogen-bond acceptors (Lipinski definition) is 4. The van der Waals surface area contributed by atoms with E-state index in [-0.39, 0.29) is 6.23 Å². The summed E-state index contributed by atoms with van der Waals surface area (Å²) in [6.45, 7) is 8.44. The van der Waals surface area contributed by atoms with Gasteiger partial charge >= 0.3 is 0 Å². The van der Waals surface area contributed by atoms with Gasteiger partial charge in [0.05, 0.1) is 12.8 Å². The summed E-state index contributed by atoms with van der Waals surface area (Å²) < 4.78 is 5.58. The van der Waals surface area contributed by atoms with E-state index in [1.54, 1.807) is 0 Å². The molecule has 0 spiro atoms. The molecule has 82 valence electrons. The van der Waals surface area contributed by atoms with Crippen LogP contribution < -0.4 is 16.0 Å². The van der Waals surface area contributed by atoms with Crippen molar-refractivity contribution in [1.82, 2.24) is 16.0 Å². The molecule has 0 aromatic rings. The molecule has 2 unspecified atom stereocenters. The smallest absolute Gasteiger partial charge is 0.105 e. The number of rotatable bonds is 1. The van der Waals surface area contributed by atoms with Gasteiger partial charge in [-0.1, -0.05) is 6.92 Å². The lowest BCUT2D eigenvalue weighted by molar-refractivity contribution is -0.0323. The number of ether oxygens (including phenoxy) is 1. The lowest BCUT2D eigenvalue weighted by Crippen LogP contribution is -2.60. The molecule has 3 N–H and O–H groups in total. The maximum absolute atomic E-state index is 5.58. The molecular formula is C10H21N3O. The Morgan fingerprint density at radius 1 is 1.00 bits per heavy atom. The van der Waals surface area contributed by atoms with E-state index in [0.717, 1.165) is 32.2 Å². The van der Waals surface area contributed by atoms with Gasteiger partial charge in [-0.2, -0.15) is 0 Å². The van der Waals surface area contributed by atoms with E-state index in [0.29, 0.717) is 12.1 Å². The van der Waals surface area contributed by atoms with Gasteiger partial charge in [0, 0.05) is 25.6 Å². The van der Waals surface area contributed by atoms with Crippen LogP contribution in [0.5, 0.6) is 0 Å². The Morgan fingerprint density at radius 3 is 2.29 bits per heavy atom. The lowest BCUT2D eigenvalue weighted by atomic mass is 10.0. The second-order valence-corrected chi connectivity index (χ2v) is 4.54. The number of nitrogens with one attached hydrogen (secondary N) is 3. The molecule has 0 aromatic carbocycles. The van der Waals surface area contributed by atoms with Crippen LogP contribution in [-0.2, 0) is 4.74 Å². The van der Waals surface area contributed by atoms with Gasteiger partial charge in [-0.3, -0.25) is 5.32 Å². The van der Waals surface area contributed by atoms with Gasteiger partial charge in [-0.25, -0.2) is 0 Å². The van der Waals surface area contributed by atoms with Crippen molar-refractivity contribution in [3.63, 3.8) is 0 Å². The van der Waals surface area contributed by atoms with E-state index in [9.17, 15) is 0 Å². The first-order valence-corrected chi connectivity index (χ1v) is 5.57. The summed E-state index contributed by atoms with van der Waals surface area (Å²) in [6.07, 6.45) is 0.639. The van der Waals surface area contributed by atoms with Crippen molar-refractivity contribution in [3.05, 3.63) is 0 Å². The SMILES string of the molecule is CC1CNC(C2CNC(C)OC2)NC1. The summed E-state index contributed by atoms with van der Waals surface area (Å²) in [5.74, 6) is 1.29. The molecule has 2 atom stereocenters. The molecule has 14 heavy (non-hydrogen) atoms. The highest BCUT2D eigenvalue weighted by atomic mass is 16.5. The molecule has 0 aromatic heterocycles. The Bertz CT molecular complexity index is 152. The topological polar surface area (TPSA) is 45.3 Å². The Kier molecular flexibility index (Phi) is 3.38. The average molecular weight is 199 g/mol. The first-order chi connectivity index (χ1) is 6.75. The highest BCUT2D eigenvalue weighted by Gasteiger charge is 2.28. The Labute approximate surface area is 85.8 Å². The van der Waals surface area contributed by atoms with Gasteiger partial charge in [0.15, 0.2) is 0 Å². The molecule has 0 amide bonds. The summed E-state index contributed by atoms with van der Waals surface area (Å²) in [5.41, 5.74) is 0. The minimum atomic E-state index is 0.216. The van der Waals surface area contributed by atoms with Crippen molar-refractivity contribution >= 4 is 0 Å². The van der Waals surface area contributed by atoms with Crippen LogP contribution in [0.15, 0.2) is 0 Å². The van der Waals surface area contributed by atoms with E-state index in [1.807, 2.05) is 0 Å². The maximum atomic E-state index is 5.58. The van der Waals surface area contributed by atoms with Crippen LogP contribution in [0.1, 0.15) is 13.8 Å². The van der Waals surface area contributed by atoms with Crippen LogP contribution in [0.2, 0.25) is 0 Å². The highest BCUT2D eigenvalue weighted by molar-refractivity contribution is 4.83. The van der Waals surface area contributed by atoms with Crippen LogP contribution in [0.4, 0.5) is 0 Å². The summed E-state index contributed by atoms with van der Waals surface area (Å²) >= 11 is 0. The summed E-state index contributed by atoms with van der Waals surface area (Å²) in [6, 6.07) is 0. The summed E-state index contributed by atoms with van der Waals surface area (Å²) in [5, 5.41) is 10.4. The van der Waals surface area contributed by atoms with Crippen LogP contribution in [0.25, 0.3) is 0 Å². The van der Waals surface area contributed by atoms with Crippen LogP contribution in [-0.4, -0.2) is 38.6 Å². The third-order valence-electron chi connectivity index (χ3n) is 3.07.